The Morgan fingerprint density at radius 2 is 1.91 bits per heavy atom. The molecule has 23 heavy (non-hydrogen) atoms. The fraction of sp³-hybridized carbons (Fsp3) is 0.333. The number of ketones is 1. The van der Waals surface area contributed by atoms with Crippen LogP contribution in [0.25, 0.3) is 0 Å². The lowest BCUT2D eigenvalue weighted by Gasteiger charge is -2.13. The van der Waals surface area contributed by atoms with E-state index in [2.05, 4.69) is 14.7 Å². The summed E-state index contributed by atoms with van der Waals surface area (Å²) in [6.07, 6.45) is -0.548. The predicted molar refractivity (Wildman–Crippen MR) is 86.0 cm³/mol. The van der Waals surface area contributed by atoms with Crippen molar-refractivity contribution in [2.24, 2.45) is 0 Å². The number of anilines is 1. The minimum atomic E-state index is -0.705. The number of hydrogen-bond donors (Lipinski definition) is 1. The summed E-state index contributed by atoms with van der Waals surface area (Å²) in [5.41, 5.74) is 0. The number of Topliss-reactive ketones (excluding diaryl/α,β-unsaturated/α-hetero) is 1. The summed E-state index contributed by atoms with van der Waals surface area (Å²) < 4.78 is 14.6. The van der Waals surface area contributed by atoms with Gasteiger partial charge in [-0.1, -0.05) is 0 Å². The zero-order chi connectivity index (χ0) is 16.8. The number of amides is 1. The molecule has 0 aliphatic heterocycles. The van der Waals surface area contributed by atoms with Crippen molar-refractivity contribution in [2.75, 3.05) is 12.4 Å². The number of aromatic nitrogens is 2. The van der Waals surface area contributed by atoms with Crippen LogP contribution in [0.2, 0.25) is 0 Å². The molecule has 0 fully saturated rings. The fourth-order valence-electron chi connectivity index (χ4n) is 1.72. The first kappa shape index (κ1) is 16.9. The lowest BCUT2D eigenvalue weighted by atomic mass is 10.3. The van der Waals surface area contributed by atoms with Crippen molar-refractivity contribution in [3.05, 3.63) is 30.1 Å². The largest absolute Gasteiger partial charge is 0.497 e. The number of nitrogens with one attached hydrogen (secondary N) is 1. The summed E-state index contributed by atoms with van der Waals surface area (Å²) >= 11 is 1.03. The van der Waals surface area contributed by atoms with Crippen molar-refractivity contribution < 1.29 is 19.1 Å². The molecule has 0 saturated carbocycles. The highest BCUT2D eigenvalue weighted by molar-refractivity contribution is 7.09. The third-order valence-electron chi connectivity index (χ3n) is 2.85. The van der Waals surface area contributed by atoms with E-state index in [1.54, 1.807) is 38.3 Å². The average Bonchev–Trinajstić information content (AvgIpc) is 2.94. The molecule has 0 saturated heterocycles. The molecule has 7 nitrogen and oxygen atoms in total. The number of ether oxygens (including phenoxy) is 2. The summed E-state index contributed by atoms with van der Waals surface area (Å²) in [6, 6.07) is 6.94. The zero-order valence-corrected chi connectivity index (χ0v) is 13.8. The zero-order valence-electron chi connectivity index (χ0n) is 13.0. The molecule has 2 aromatic rings. The van der Waals surface area contributed by atoms with Gasteiger partial charge < -0.3 is 9.47 Å². The summed E-state index contributed by atoms with van der Waals surface area (Å²) in [5, 5.41) is 2.97. The maximum absolute atomic E-state index is 12.1. The fourth-order valence-corrected chi connectivity index (χ4v) is 2.31. The molecule has 1 aromatic carbocycles. The van der Waals surface area contributed by atoms with Crippen LogP contribution in [0.3, 0.4) is 0 Å². The van der Waals surface area contributed by atoms with Crippen molar-refractivity contribution in [3.8, 4) is 11.5 Å². The van der Waals surface area contributed by atoms with Crippen molar-refractivity contribution in [3.63, 3.8) is 0 Å². The smallest absolute Gasteiger partial charge is 0.266 e. The van der Waals surface area contributed by atoms with E-state index < -0.39 is 6.10 Å². The summed E-state index contributed by atoms with van der Waals surface area (Å²) in [6.45, 7) is 3.10. The van der Waals surface area contributed by atoms with Gasteiger partial charge in [-0.05, 0) is 38.1 Å². The second kappa shape index (κ2) is 7.68. The van der Waals surface area contributed by atoms with Crippen LogP contribution < -0.4 is 14.8 Å². The second-order valence-corrected chi connectivity index (χ2v) is 5.57. The molecule has 1 N–H and O–H groups in total. The molecule has 0 radical (unpaired) electrons. The Labute approximate surface area is 137 Å². The lowest BCUT2D eigenvalue weighted by Crippen LogP contribution is -2.30. The number of methoxy groups -OCH3 is 1. The Morgan fingerprint density at radius 3 is 2.52 bits per heavy atom. The van der Waals surface area contributed by atoms with Crippen molar-refractivity contribution in [1.82, 2.24) is 9.36 Å². The Kier molecular flexibility index (Phi) is 5.64. The molecule has 1 aromatic heterocycles. The lowest BCUT2D eigenvalue weighted by molar-refractivity contribution is -0.122. The van der Waals surface area contributed by atoms with Crippen LogP contribution in [-0.4, -0.2) is 34.3 Å². The monoisotopic (exact) mass is 335 g/mol. The molecule has 8 heteroatoms. The van der Waals surface area contributed by atoms with Gasteiger partial charge >= 0.3 is 0 Å². The standard InChI is InChI=1S/C15H17N3O4S/c1-9(19)8-13-16-15(23-18-13)17-14(20)10(2)22-12-6-4-11(21-3)5-7-12/h4-7,10H,8H2,1-3H3,(H,16,17,18,20). The molecule has 1 heterocycles. The molecule has 1 amide bonds. The molecular weight excluding hydrogens is 318 g/mol. The van der Waals surface area contributed by atoms with E-state index in [4.69, 9.17) is 9.47 Å². The minimum Gasteiger partial charge on any atom is -0.497 e. The van der Waals surface area contributed by atoms with Gasteiger partial charge in [0.15, 0.2) is 11.9 Å². The molecule has 0 aliphatic rings. The molecule has 0 bridgehead atoms. The number of nitrogens with zero attached hydrogens (tertiary/aromatic N) is 2. The number of hydrogen-bond acceptors (Lipinski definition) is 7. The SMILES string of the molecule is COc1ccc(OC(C)C(=O)Nc2nc(CC(C)=O)ns2)cc1. The van der Waals surface area contributed by atoms with Crippen LogP contribution in [0.5, 0.6) is 11.5 Å². The number of carbonyl (C=O) groups is 2. The number of carbonyl (C=O) groups excluding carboxylic acids is 2. The highest BCUT2D eigenvalue weighted by Gasteiger charge is 2.17. The van der Waals surface area contributed by atoms with Gasteiger partial charge in [0.05, 0.1) is 13.5 Å². The van der Waals surface area contributed by atoms with Crippen molar-refractivity contribution >= 4 is 28.4 Å². The van der Waals surface area contributed by atoms with Crippen LogP contribution in [0, 0.1) is 0 Å². The topological polar surface area (TPSA) is 90.4 Å². The number of benzene rings is 1. The molecule has 1 unspecified atom stereocenters. The van der Waals surface area contributed by atoms with E-state index >= 15 is 0 Å². The van der Waals surface area contributed by atoms with Gasteiger partial charge in [-0.3, -0.25) is 14.9 Å². The molecule has 122 valence electrons. The quantitative estimate of drug-likeness (QED) is 0.833. The summed E-state index contributed by atoms with van der Waals surface area (Å²) in [7, 11) is 1.58. The van der Waals surface area contributed by atoms with Crippen LogP contribution >= 0.6 is 11.5 Å². The Hall–Kier alpha value is -2.48. The van der Waals surface area contributed by atoms with Crippen molar-refractivity contribution in [1.29, 1.82) is 0 Å². The summed E-state index contributed by atoms with van der Waals surface area (Å²) in [5.74, 6) is 1.30. The Balaban J connectivity index is 1.91. The van der Waals surface area contributed by atoms with Gasteiger partial charge in [0.25, 0.3) is 5.91 Å². The summed E-state index contributed by atoms with van der Waals surface area (Å²) in [4.78, 5) is 27.2. The third kappa shape index (κ3) is 5.03. The Morgan fingerprint density at radius 1 is 1.26 bits per heavy atom. The van der Waals surface area contributed by atoms with Gasteiger partial charge in [-0.25, -0.2) is 4.98 Å². The van der Waals surface area contributed by atoms with E-state index in [0.717, 1.165) is 11.5 Å². The minimum absolute atomic E-state index is 0.0307. The predicted octanol–water partition coefficient (Wildman–Crippen LogP) is 2.08. The molecule has 1 atom stereocenters. The van der Waals surface area contributed by atoms with Gasteiger partial charge in [0, 0.05) is 11.5 Å². The highest BCUT2D eigenvalue weighted by atomic mass is 32.1. The first-order valence-corrected chi connectivity index (χ1v) is 7.69. The second-order valence-electron chi connectivity index (χ2n) is 4.82. The first-order valence-electron chi connectivity index (χ1n) is 6.91. The van der Waals surface area contributed by atoms with Crippen LogP contribution in [0.4, 0.5) is 5.13 Å². The average molecular weight is 335 g/mol. The van der Waals surface area contributed by atoms with E-state index in [1.807, 2.05) is 0 Å². The molecule has 0 aliphatic carbocycles. The maximum Gasteiger partial charge on any atom is 0.266 e. The van der Waals surface area contributed by atoms with E-state index in [9.17, 15) is 9.59 Å². The third-order valence-corrected chi connectivity index (χ3v) is 3.52. The highest BCUT2D eigenvalue weighted by Crippen LogP contribution is 2.19. The first-order chi connectivity index (χ1) is 11.0. The Bertz CT molecular complexity index is 684. The van der Waals surface area contributed by atoms with Crippen LogP contribution in [0.15, 0.2) is 24.3 Å². The molecular formula is C15H17N3O4S. The van der Waals surface area contributed by atoms with Gasteiger partial charge in [-0.2, -0.15) is 4.37 Å². The normalized spacial score (nSPS) is 11.6. The van der Waals surface area contributed by atoms with Gasteiger partial charge in [-0.15, -0.1) is 0 Å². The molecule has 0 spiro atoms. The van der Waals surface area contributed by atoms with Gasteiger partial charge in [0.2, 0.25) is 5.13 Å². The van der Waals surface area contributed by atoms with Crippen LogP contribution in [0.1, 0.15) is 19.7 Å². The van der Waals surface area contributed by atoms with Crippen LogP contribution in [-0.2, 0) is 16.0 Å². The van der Waals surface area contributed by atoms with Crippen molar-refractivity contribution in [2.45, 2.75) is 26.4 Å². The maximum atomic E-state index is 12.1. The van der Waals surface area contributed by atoms with E-state index in [1.165, 1.54) is 6.92 Å². The number of rotatable bonds is 7. The van der Waals surface area contributed by atoms with E-state index in [0.29, 0.717) is 22.5 Å². The van der Waals surface area contributed by atoms with E-state index in [-0.39, 0.29) is 18.1 Å². The van der Waals surface area contributed by atoms with Gasteiger partial charge in [0.1, 0.15) is 17.3 Å². The molecule has 2 rings (SSSR count).